The van der Waals surface area contributed by atoms with Crippen LogP contribution in [0.15, 0.2) is 42.5 Å². The molecule has 2 aromatic rings. The molecular formula is C19H17ClN2O4. The van der Waals surface area contributed by atoms with Gasteiger partial charge in [0.2, 0.25) is 12.7 Å². The van der Waals surface area contributed by atoms with Crippen molar-refractivity contribution in [3.8, 4) is 11.5 Å². The zero-order valence-electron chi connectivity index (χ0n) is 13.9. The van der Waals surface area contributed by atoms with Gasteiger partial charge >= 0.3 is 0 Å². The molecule has 0 unspecified atom stereocenters. The number of rotatable bonds is 2. The molecule has 4 rings (SSSR count). The normalized spacial score (nSPS) is 19.0. The van der Waals surface area contributed by atoms with Gasteiger partial charge < -0.3 is 19.7 Å². The molecule has 1 atom stereocenters. The highest BCUT2D eigenvalue weighted by Gasteiger charge is 2.31. The van der Waals surface area contributed by atoms with Gasteiger partial charge in [-0.2, -0.15) is 0 Å². The van der Waals surface area contributed by atoms with E-state index in [4.69, 9.17) is 21.1 Å². The monoisotopic (exact) mass is 372 g/mol. The Morgan fingerprint density at radius 2 is 2.00 bits per heavy atom. The summed E-state index contributed by atoms with van der Waals surface area (Å²) in [5.41, 5.74) is 1.33. The Hall–Kier alpha value is -2.73. The first-order valence-electron chi connectivity index (χ1n) is 8.35. The van der Waals surface area contributed by atoms with Crippen LogP contribution in [0.2, 0.25) is 5.02 Å². The lowest BCUT2D eigenvalue weighted by Crippen LogP contribution is -2.36. The SMILES string of the molecule is O=C1C[C@@H](c2ccccc2)N(C(=O)c2cc(Cl)c3c(c2)OCO3)CCN1. The van der Waals surface area contributed by atoms with Crippen molar-refractivity contribution < 1.29 is 19.1 Å². The highest BCUT2D eigenvalue weighted by Crippen LogP contribution is 2.40. The maximum Gasteiger partial charge on any atom is 0.254 e. The zero-order chi connectivity index (χ0) is 18.1. The average Bonchev–Trinajstić information content (AvgIpc) is 3.05. The van der Waals surface area contributed by atoms with Gasteiger partial charge in [-0.3, -0.25) is 9.59 Å². The van der Waals surface area contributed by atoms with Crippen molar-refractivity contribution in [2.24, 2.45) is 0 Å². The van der Waals surface area contributed by atoms with Crippen molar-refractivity contribution in [1.29, 1.82) is 0 Å². The molecule has 26 heavy (non-hydrogen) atoms. The van der Waals surface area contributed by atoms with E-state index in [1.54, 1.807) is 17.0 Å². The van der Waals surface area contributed by atoms with E-state index in [0.29, 0.717) is 35.2 Å². The average molecular weight is 373 g/mol. The molecule has 0 aromatic heterocycles. The fraction of sp³-hybridized carbons (Fsp3) is 0.263. The number of carbonyl (C=O) groups is 2. The van der Waals surface area contributed by atoms with Crippen LogP contribution in [-0.4, -0.2) is 36.6 Å². The lowest BCUT2D eigenvalue weighted by Gasteiger charge is -2.29. The molecule has 0 radical (unpaired) electrons. The topological polar surface area (TPSA) is 67.9 Å². The van der Waals surface area contributed by atoms with Crippen LogP contribution in [0.5, 0.6) is 11.5 Å². The molecule has 1 saturated heterocycles. The molecule has 0 aliphatic carbocycles. The number of ether oxygens (including phenoxy) is 2. The van der Waals surface area contributed by atoms with E-state index in [0.717, 1.165) is 5.56 Å². The van der Waals surface area contributed by atoms with Gasteiger partial charge in [-0.1, -0.05) is 41.9 Å². The zero-order valence-corrected chi connectivity index (χ0v) is 14.7. The number of benzene rings is 2. The van der Waals surface area contributed by atoms with Crippen LogP contribution in [0.25, 0.3) is 0 Å². The molecule has 7 heteroatoms. The van der Waals surface area contributed by atoms with Crippen LogP contribution < -0.4 is 14.8 Å². The minimum absolute atomic E-state index is 0.0714. The third kappa shape index (κ3) is 3.08. The molecule has 6 nitrogen and oxygen atoms in total. The minimum atomic E-state index is -0.338. The van der Waals surface area contributed by atoms with Crippen molar-refractivity contribution in [3.63, 3.8) is 0 Å². The second-order valence-corrected chi connectivity index (χ2v) is 6.58. The second kappa shape index (κ2) is 6.88. The van der Waals surface area contributed by atoms with Crippen LogP contribution in [0.3, 0.4) is 0 Å². The van der Waals surface area contributed by atoms with Crippen molar-refractivity contribution >= 4 is 23.4 Å². The van der Waals surface area contributed by atoms with E-state index in [2.05, 4.69) is 5.32 Å². The molecule has 0 spiro atoms. The van der Waals surface area contributed by atoms with Gasteiger partial charge in [0, 0.05) is 18.7 Å². The molecule has 2 aliphatic rings. The van der Waals surface area contributed by atoms with Gasteiger partial charge in [-0.25, -0.2) is 0 Å². The van der Waals surface area contributed by atoms with E-state index in [-0.39, 0.29) is 31.1 Å². The quantitative estimate of drug-likeness (QED) is 0.880. The number of nitrogens with one attached hydrogen (secondary N) is 1. The number of halogens is 1. The van der Waals surface area contributed by atoms with E-state index in [1.165, 1.54) is 0 Å². The highest BCUT2D eigenvalue weighted by molar-refractivity contribution is 6.32. The van der Waals surface area contributed by atoms with Crippen LogP contribution in [0, 0.1) is 0 Å². The summed E-state index contributed by atoms with van der Waals surface area (Å²) >= 11 is 6.22. The van der Waals surface area contributed by atoms with Gasteiger partial charge in [-0.05, 0) is 17.7 Å². The largest absolute Gasteiger partial charge is 0.454 e. The first-order valence-corrected chi connectivity index (χ1v) is 8.73. The molecule has 1 fully saturated rings. The molecule has 2 heterocycles. The lowest BCUT2D eigenvalue weighted by molar-refractivity contribution is -0.121. The summed E-state index contributed by atoms with van der Waals surface area (Å²) in [6.07, 6.45) is 0.216. The molecule has 1 N–H and O–H groups in total. The first-order chi connectivity index (χ1) is 12.6. The van der Waals surface area contributed by atoms with Gasteiger partial charge in [0.15, 0.2) is 11.5 Å². The highest BCUT2D eigenvalue weighted by atomic mass is 35.5. The van der Waals surface area contributed by atoms with Crippen molar-refractivity contribution in [1.82, 2.24) is 10.2 Å². The van der Waals surface area contributed by atoms with Crippen molar-refractivity contribution in [2.75, 3.05) is 19.9 Å². The molecule has 2 aromatic carbocycles. The minimum Gasteiger partial charge on any atom is -0.454 e. The van der Waals surface area contributed by atoms with Gasteiger partial charge in [0.25, 0.3) is 5.91 Å². The Labute approximate surface area is 155 Å². The molecule has 0 bridgehead atoms. The third-order valence-electron chi connectivity index (χ3n) is 4.55. The van der Waals surface area contributed by atoms with Crippen LogP contribution in [-0.2, 0) is 4.79 Å². The predicted molar refractivity (Wildman–Crippen MR) is 95.4 cm³/mol. The van der Waals surface area contributed by atoms with E-state index in [1.807, 2.05) is 30.3 Å². The van der Waals surface area contributed by atoms with Crippen LogP contribution in [0.4, 0.5) is 0 Å². The number of nitrogens with zero attached hydrogens (tertiary/aromatic N) is 1. The number of amides is 2. The first kappa shape index (κ1) is 16.7. The molecule has 134 valence electrons. The van der Waals surface area contributed by atoms with Crippen molar-refractivity contribution in [2.45, 2.75) is 12.5 Å². The summed E-state index contributed by atoms with van der Waals surface area (Å²) in [6, 6.07) is 12.4. The second-order valence-electron chi connectivity index (χ2n) is 6.17. The molecule has 0 saturated carbocycles. The maximum absolute atomic E-state index is 13.2. The van der Waals surface area contributed by atoms with Crippen molar-refractivity contribution in [3.05, 3.63) is 58.6 Å². The van der Waals surface area contributed by atoms with Crippen LogP contribution >= 0.6 is 11.6 Å². The Bertz CT molecular complexity index is 856. The van der Waals surface area contributed by atoms with E-state index < -0.39 is 0 Å². The number of hydrogen-bond acceptors (Lipinski definition) is 4. The lowest BCUT2D eigenvalue weighted by atomic mass is 10.0. The Morgan fingerprint density at radius 1 is 1.19 bits per heavy atom. The van der Waals surface area contributed by atoms with Crippen LogP contribution in [0.1, 0.15) is 28.4 Å². The number of carbonyl (C=O) groups excluding carboxylic acids is 2. The summed E-state index contributed by atoms with van der Waals surface area (Å²) in [5, 5.41) is 3.17. The van der Waals surface area contributed by atoms with E-state index >= 15 is 0 Å². The fourth-order valence-corrected chi connectivity index (χ4v) is 3.57. The smallest absolute Gasteiger partial charge is 0.254 e. The summed E-state index contributed by atoms with van der Waals surface area (Å²) < 4.78 is 10.7. The summed E-state index contributed by atoms with van der Waals surface area (Å²) in [6.45, 7) is 0.907. The summed E-state index contributed by atoms with van der Waals surface area (Å²) in [4.78, 5) is 27.0. The molecule has 2 amide bonds. The Kier molecular flexibility index (Phi) is 4.42. The predicted octanol–water partition coefficient (Wildman–Crippen LogP) is 2.77. The van der Waals surface area contributed by atoms with Gasteiger partial charge in [0.05, 0.1) is 17.5 Å². The Morgan fingerprint density at radius 3 is 2.81 bits per heavy atom. The van der Waals surface area contributed by atoms with Gasteiger partial charge in [0.1, 0.15) is 0 Å². The number of hydrogen-bond donors (Lipinski definition) is 1. The summed E-state index contributed by atoms with van der Waals surface area (Å²) in [7, 11) is 0. The molecular weight excluding hydrogens is 356 g/mol. The number of fused-ring (bicyclic) bond motifs is 1. The summed E-state index contributed by atoms with van der Waals surface area (Å²) in [5.74, 6) is 0.644. The van der Waals surface area contributed by atoms with Gasteiger partial charge in [-0.15, -0.1) is 0 Å². The maximum atomic E-state index is 13.2. The standard InChI is InChI=1S/C19H17ClN2O4/c20-14-8-13(9-16-18(14)26-11-25-16)19(24)22-7-6-21-17(23)10-15(22)12-4-2-1-3-5-12/h1-5,8-9,15H,6-7,10-11H2,(H,21,23)/t15-/m0/s1. The van der Waals surface area contributed by atoms with E-state index in [9.17, 15) is 9.59 Å². The fourth-order valence-electron chi connectivity index (χ4n) is 3.30. The third-order valence-corrected chi connectivity index (χ3v) is 4.83. The molecule has 2 aliphatic heterocycles. The Balaban J connectivity index is 1.70.